The van der Waals surface area contributed by atoms with Crippen molar-refractivity contribution in [1.29, 1.82) is 0 Å². The summed E-state index contributed by atoms with van der Waals surface area (Å²) in [5.74, 6) is -4.09. The SMILES string of the molecule is CC1(S(N)(=O)=O)CC1.CCCCCC/C=C\[C@@H]1C[C@]1(CC(=O)[C@@H]1C[C@@H](Oc2nc3ccccc3o2)CN1C(=O)CCc1cc(C)cc(F)c1)C(=O)NS(=O)(=O)C1(C)CC1.CCCCCC/C=C\[C@@H]1C[C@]1(CC(=O)[C@@H]1C[C@@H](Oc2nc3ccccc3o2)CN1C(=O)CCc1cc(C)cc(F)c1)C(=O)O. The van der Waals surface area contributed by atoms with Crippen molar-refractivity contribution in [3.8, 4) is 12.2 Å². The molecule has 0 spiro atoms. The normalized spacial score (nSPS) is 23.6. The molecule has 6 aromatic rings. The fraction of sp³-hybridized carbons (Fsp3) is 0.538. The predicted octanol–water partition coefficient (Wildman–Crippen LogP) is 13.4. The van der Waals surface area contributed by atoms with E-state index in [1.54, 1.807) is 52.0 Å². The van der Waals surface area contributed by atoms with Gasteiger partial charge in [-0.05, 0) is 187 Å². The second-order valence-corrected chi connectivity index (χ2v) is 34.0. The van der Waals surface area contributed by atoms with Gasteiger partial charge < -0.3 is 33.2 Å². The Bertz CT molecular complexity index is 4270. The first-order chi connectivity index (χ1) is 49.0. The average Bonchev–Trinajstić information content (AvgIpc) is 1.57. The number of hydrogen-bond donors (Lipinski definition) is 3. The smallest absolute Gasteiger partial charge is 0.394 e. The number of carboxylic acids is 1. The first-order valence-corrected chi connectivity index (χ1v) is 39.4. The molecule has 2 aliphatic heterocycles. The van der Waals surface area contributed by atoms with E-state index >= 15 is 0 Å². The van der Waals surface area contributed by atoms with Crippen LogP contribution in [0, 0.1) is 48.1 Å². The lowest BCUT2D eigenvalue weighted by atomic mass is 9.91. The Labute approximate surface area is 602 Å². The number of amides is 3. The van der Waals surface area contributed by atoms with E-state index in [4.69, 9.17) is 23.4 Å². The molecule has 0 radical (unpaired) electrons. The van der Waals surface area contributed by atoms with Crippen LogP contribution in [0.3, 0.4) is 0 Å². The summed E-state index contributed by atoms with van der Waals surface area (Å²) < 4.78 is 99.6. The maximum absolute atomic E-state index is 14.3. The average molecular weight is 1460 g/mol. The van der Waals surface area contributed by atoms with Crippen LogP contribution in [0.5, 0.6) is 12.2 Å². The van der Waals surface area contributed by atoms with E-state index in [0.29, 0.717) is 65.4 Å². The van der Waals surface area contributed by atoms with Crippen molar-refractivity contribution in [3.63, 3.8) is 0 Å². The summed E-state index contributed by atoms with van der Waals surface area (Å²) in [5.41, 5.74) is 2.84. The number of oxazole rings is 2. The zero-order valence-corrected chi connectivity index (χ0v) is 61.5. The molecule has 6 fully saturated rings. The van der Waals surface area contributed by atoms with Crippen LogP contribution in [0.25, 0.3) is 22.2 Å². The molecule has 8 atom stereocenters. The van der Waals surface area contributed by atoms with Gasteiger partial charge in [0.05, 0.1) is 45.5 Å². The van der Waals surface area contributed by atoms with Crippen LogP contribution in [-0.4, -0.2) is 124 Å². The Morgan fingerprint density at radius 2 is 1.05 bits per heavy atom. The largest absolute Gasteiger partial charge is 0.481 e. The molecule has 0 bridgehead atoms. The van der Waals surface area contributed by atoms with Gasteiger partial charge in [-0.15, -0.1) is 0 Å². The Morgan fingerprint density at radius 3 is 1.45 bits per heavy atom. The van der Waals surface area contributed by atoms with Crippen molar-refractivity contribution in [2.75, 3.05) is 13.1 Å². The first kappa shape index (κ1) is 77.5. The van der Waals surface area contributed by atoms with Crippen LogP contribution < -0.4 is 19.3 Å². The number of carboxylic acid groups (broad SMARTS) is 1. The van der Waals surface area contributed by atoms with Gasteiger partial charge in [0.25, 0.3) is 0 Å². The number of sulfonamides is 2. The van der Waals surface area contributed by atoms with Crippen LogP contribution in [0.1, 0.15) is 191 Å². The minimum atomic E-state index is -3.92. The van der Waals surface area contributed by atoms with Crippen molar-refractivity contribution in [1.82, 2.24) is 24.5 Å². The first-order valence-electron chi connectivity index (χ1n) is 36.3. The van der Waals surface area contributed by atoms with E-state index < -0.39 is 76.5 Å². The van der Waals surface area contributed by atoms with Gasteiger partial charge >= 0.3 is 18.1 Å². The molecular weight excluding hydrogens is 1360 g/mol. The number of fused-ring (bicyclic) bond motifs is 2. The molecule has 556 valence electrons. The number of para-hydroxylation sites is 4. The molecule has 0 unspecified atom stereocenters. The number of nitrogens with one attached hydrogen (secondary N) is 1. The molecule has 12 rings (SSSR count). The molecule has 4 aromatic carbocycles. The van der Waals surface area contributed by atoms with E-state index in [1.807, 2.05) is 60.7 Å². The number of allylic oxidation sites excluding steroid dienone is 4. The molecule has 4 saturated carbocycles. The van der Waals surface area contributed by atoms with Crippen LogP contribution in [0.2, 0.25) is 0 Å². The molecule has 4 heterocycles. The van der Waals surface area contributed by atoms with Crippen LogP contribution in [0.4, 0.5) is 8.78 Å². The van der Waals surface area contributed by atoms with Gasteiger partial charge in [0.15, 0.2) is 22.7 Å². The monoisotopic (exact) mass is 1460 g/mol. The second kappa shape index (κ2) is 32.9. The van der Waals surface area contributed by atoms with Gasteiger partial charge in [0, 0.05) is 38.5 Å². The molecule has 6 aliphatic rings. The zero-order chi connectivity index (χ0) is 74.1. The van der Waals surface area contributed by atoms with Gasteiger partial charge in [-0.1, -0.05) is 113 Å². The van der Waals surface area contributed by atoms with Gasteiger partial charge in [-0.25, -0.2) is 30.8 Å². The number of ketones is 2. The highest BCUT2D eigenvalue weighted by atomic mass is 32.2. The molecular formula is C78H98F2N6O15S2. The van der Waals surface area contributed by atoms with Crippen molar-refractivity contribution in [3.05, 3.63) is 143 Å². The Morgan fingerprint density at radius 1 is 0.621 bits per heavy atom. The molecule has 2 aromatic heterocycles. The molecule has 4 N–H and O–H groups in total. The van der Waals surface area contributed by atoms with Crippen LogP contribution in [0.15, 0.2) is 118 Å². The summed E-state index contributed by atoms with van der Waals surface area (Å²) in [7, 11) is -7.15. The van der Waals surface area contributed by atoms with Gasteiger partial charge in [-0.3, -0.25) is 33.5 Å². The molecule has 2 saturated heterocycles. The third-order valence-corrected chi connectivity index (χ3v) is 25.2. The lowest BCUT2D eigenvalue weighted by Crippen LogP contribution is -2.46. The quantitative estimate of drug-likeness (QED) is 0.0255. The van der Waals surface area contributed by atoms with Crippen molar-refractivity contribution < 1.29 is 77.8 Å². The Hall–Kier alpha value is -8.16. The van der Waals surface area contributed by atoms with Crippen molar-refractivity contribution >= 4 is 77.5 Å². The van der Waals surface area contributed by atoms with Gasteiger partial charge in [0.2, 0.25) is 37.8 Å². The fourth-order valence-electron chi connectivity index (χ4n) is 14.0. The summed E-state index contributed by atoms with van der Waals surface area (Å²) in [5, 5.41) is 15.0. The highest BCUT2D eigenvalue weighted by molar-refractivity contribution is 7.91. The maximum atomic E-state index is 14.3. The number of ether oxygens (including phenoxy) is 2. The lowest BCUT2D eigenvalue weighted by Gasteiger charge is -2.25. The van der Waals surface area contributed by atoms with Crippen molar-refractivity contribution in [2.24, 2.45) is 27.8 Å². The lowest BCUT2D eigenvalue weighted by molar-refractivity contribution is -0.147. The number of rotatable bonds is 33. The van der Waals surface area contributed by atoms with E-state index in [2.05, 4.69) is 28.5 Å². The third-order valence-electron chi connectivity index (χ3n) is 21.2. The van der Waals surface area contributed by atoms with Gasteiger partial charge in [-0.2, -0.15) is 9.97 Å². The molecule has 21 nitrogen and oxygen atoms in total. The summed E-state index contributed by atoms with van der Waals surface area (Å²) in [4.78, 5) is 93.4. The van der Waals surface area contributed by atoms with E-state index in [0.717, 1.165) is 81.8 Å². The number of aromatic nitrogens is 2. The van der Waals surface area contributed by atoms with Gasteiger partial charge in [0.1, 0.15) is 34.9 Å². The topological polar surface area (TPSA) is 306 Å². The summed E-state index contributed by atoms with van der Waals surface area (Å²) >= 11 is 0. The number of primary sulfonamides is 1. The number of likely N-dealkylation sites (tertiary alicyclic amines) is 2. The number of nitrogens with two attached hydrogens (primary N) is 1. The molecule has 4 aliphatic carbocycles. The maximum Gasteiger partial charge on any atom is 0.394 e. The number of aryl methyl sites for hydroxylation is 4. The molecule has 25 heteroatoms. The number of aliphatic carboxylic acids is 1. The highest BCUT2D eigenvalue weighted by Crippen LogP contribution is 2.59. The number of carbonyl (C=O) groups is 6. The predicted molar refractivity (Wildman–Crippen MR) is 385 cm³/mol. The van der Waals surface area contributed by atoms with Crippen molar-refractivity contribution in [2.45, 2.75) is 229 Å². The fourth-order valence-corrected chi connectivity index (χ4v) is 16.0. The Balaban J connectivity index is 0.000000201. The van der Waals surface area contributed by atoms with E-state index in [1.165, 1.54) is 40.5 Å². The molecule has 3 amide bonds. The number of hydrogen-bond acceptors (Lipinski definition) is 16. The Kier molecular flexibility index (Phi) is 24.7. The van der Waals surface area contributed by atoms with Crippen LogP contribution in [-0.2, 0) is 61.7 Å². The third kappa shape index (κ3) is 19.6. The minimum absolute atomic E-state index is 0.0258. The number of unbranched alkanes of at least 4 members (excludes halogenated alkanes) is 8. The van der Waals surface area contributed by atoms with E-state index in [-0.39, 0.29) is 117 Å². The minimum Gasteiger partial charge on any atom is -0.481 e. The number of nitrogens with zero attached hydrogens (tertiary/aromatic N) is 4. The van der Waals surface area contributed by atoms with Crippen LogP contribution >= 0.6 is 0 Å². The highest BCUT2D eigenvalue weighted by Gasteiger charge is 2.63. The number of halogens is 2. The standard InChI is InChI=1S/C39H48FN3O7S.C35H41FN2O6.C4H9NO2S/c1-4-5-6-7-8-9-12-28-23-39(28,36(46)42-51(47,48)38(3)17-18-38)24-33(44)32-22-30(49-37-41-31-13-10-11-14-34(31)50-37)25-43(32)35(45)16-15-27-19-26(2)20-29(40)21-27;1-3-4-5-6-7-8-11-25-20-35(25,33(41)42)21-30(39)29-19-27(43-34-37-28-12-9-10-13-31(28)44-34)22-38(29)32(40)15-14-24-16-23(2)17-26(36)18-24;1-4(2-3-4)8(5,6)7/h9-14,19-21,28,30,32H,4-8,15-18,22-25H2,1-3H3,(H,42,46);8-13,16-18,25,27,29H,3-7,14-15,19-22H2,1-2H3,(H,41,42);2-3H2,1H3,(H2,5,6,7)/b12-9-;11-8-;/t28-,30-,32+,39-;25-,27-,29+,35-;/m11./s1. The number of Topliss-reactive ketones (excluding diaryl/α,β-unsaturated/α-hetero) is 2. The molecule has 103 heavy (non-hydrogen) atoms. The number of benzene rings is 4. The summed E-state index contributed by atoms with van der Waals surface area (Å²) in [6.07, 6.45) is 21.3. The second-order valence-electron chi connectivity index (χ2n) is 29.7. The number of carbonyl (C=O) groups excluding carboxylic acids is 5. The summed E-state index contributed by atoms with van der Waals surface area (Å²) in [6, 6.07) is 22.0. The van der Waals surface area contributed by atoms with E-state index in [9.17, 15) is 59.5 Å². The summed E-state index contributed by atoms with van der Waals surface area (Å²) in [6.45, 7) is 11.4. The zero-order valence-electron chi connectivity index (χ0n) is 59.8.